The third-order valence-corrected chi connectivity index (χ3v) is 2.70. The second kappa shape index (κ2) is 4.45. The topological polar surface area (TPSA) is 69.6 Å². The summed E-state index contributed by atoms with van der Waals surface area (Å²) in [6.07, 6.45) is 0.307. The Morgan fingerprint density at radius 3 is 3.00 bits per heavy atom. The number of carbonyl (C=O) groups excluding carboxylic acids is 1. The number of hydrogen-bond donors (Lipinski definition) is 2. The summed E-state index contributed by atoms with van der Waals surface area (Å²) in [6.45, 7) is 2.27. The minimum atomic E-state index is -0.896. The minimum Gasteiger partial charge on any atom is -0.480 e. The highest BCUT2D eigenvalue weighted by molar-refractivity contribution is 5.97. The summed E-state index contributed by atoms with van der Waals surface area (Å²) in [7, 11) is 0. The highest BCUT2D eigenvalue weighted by Crippen LogP contribution is 2.29. The molecular formula is C12H14N2O3. The van der Waals surface area contributed by atoms with Crippen LogP contribution in [0.15, 0.2) is 18.2 Å². The number of rotatable bonds is 2. The summed E-state index contributed by atoms with van der Waals surface area (Å²) < 4.78 is 0. The van der Waals surface area contributed by atoms with E-state index in [1.165, 1.54) is 0 Å². The fraction of sp³-hybridized carbons (Fsp3) is 0.333. The number of fused-ring (bicyclic) bond motifs is 1. The zero-order chi connectivity index (χ0) is 12.4. The number of carboxylic acid groups (broad SMARTS) is 1. The summed E-state index contributed by atoms with van der Waals surface area (Å²) in [4.78, 5) is 24.0. The molecule has 0 radical (unpaired) electrons. The Hall–Kier alpha value is -2.04. The van der Waals surface area contributed by atoms with E-state index in [9.17, 15) is 9.59 Å². The summed E-state index contributed by atoms with van der Waals surface area (Å²) in [5, 5.41) is 11.7. The zero-order valence-corrected chi connectivity index (χ0v) is 9.56. The maximum absolute atomic E-state index is 11.5. The molecule has 0 atom stereocenters. The first kappa shape index (κ1) is 11.4. The molecule has 0 aliphatic carbocycles. The van der Waals surface area contributed by atoms with Crippen LogP contribution in [0, 0.1) is 6.92 Å². The highest BCUT2D eigenvalue weighted by Gasteiger charge is 2.20. The molecule has 0 unspecified atom stereocenters. The molecule has 1 amide bonds. The predicted octanol–water partition coefficient (Wildman–Crippen LogP) is 1.23. The van der Waals surface area contributed by atoms with E-state index in [0.717, 1.165) is 11.3 Å². The Balaban J connectivity index is 2.40. The second-order valence-electron chi connectivity index (χ2n) is 4.13. The average Bonchev–Trinajstić information content (AvgIpc) is 2.39. The standard InChI is InChI=1S/C12H14N2O3/c1-8-2-3-9-10(6-8)14(7-12(16)17)5-4-11(15)13-9/h2-3,6H,4-5,7H2,1H3,(H,13,15)(H,16,17). The lowest BCUT2D eigenvalue weighted by Crippen LogP contribution is -2.30. The van der Waals surface area contributed by atoms with E-state index in [4.69, 9.17) is 5.11 Å². The van der Waals surface area contributed by atoms with Crippen molar-refractivity contribution >= 4 is 23.3 Å². The van der Waals surface area contributed by atoms with Crippen molar-refractivity contribution in [1.82, 2.24) is 0 Å². The SMILES string of the molecule is Cc1ccc2c(c1)N(CC(=O)O)CCC(=O)N2. The highest BCUT2D eigenvalue weighted by atomic mass is 16.4. The van der Waals surface area contributed by atoms with Crippen LogP contribution in [0.3, 0.4) is 0 Å². The lowest BCUT2D eigenvalue weighted by Gasteiger charge is -2.22. The van der Waals surface area contributed by atoms with E-state index in [2.05, 4.69) is 5.32 Å². The Morgan fingerprint density at radius 1 is 1.53 bits per heavy atom. The molecular weight excluding hydrogens is 220 g/mol. The number of nitrogens with one attached hydrogen (secondary N) is 1. The van der Waals surface area contributed by atoms with Gasteiger partial charge in [-0.15, -0.1) is 0 Å². The van der Waals surface area contributed by atoms with E-state index in [0.29, 0.717) is 18.7 Å². The van der Waals surface area contributed by atoms with E-state index in [-0.39, 0.29) is 12.5 Å². The number of aliphatic carboxylic acids is 1. The lowest BCUT2D eigenvalue weighted by atomic mass is 10.1. The number of anilines is 2. The summed E-state index contributed by atoms with van der Waals surface area (Å²) in [5.41, 5.74) is 2.49. The first-order valence-electron chi connectivity index (χ1n) is 5.43. The first-order chi connectivity index (χ1) is 8.06. The van der Waals surface area contributed by atoms with Crippen molar-refractivity contribution in [3.8, 4) is 0 Å². The molecule has 17 heavy (non-hydrogen) atoms. The molecule has 1 aromatic rings. The molecule has 1 aliphatic rings. The molecule has 1 aromatic carbocycles. The van der Waals surface area contributed by atoms with Crippen LogP contribution in [0.2, 0.25) is 0 Å². The van der Waals surface area contributed by atoms with Crippen LogP contribution >= 0.6 is 0 Å². The van der Waals surface area contributed by atoms with Gasteiger partial charge in [0, 0.05) is 13.0 Å². The van der Waals surface area contributed by atoms with Gasteiger partial charge in [-0.1, -0.05) is 6.07 Å². The van der Waals surface area contributed by atoms with Crippen LogP contribution in [0.4, 0.5) is 11.4 Å². The van der Waals surface area contributed by atoms with Crippen molar-refractivity contribution < 1.29 is 14.7 Å². The van der Waals surface area contributed by atoms with Crippen molar-refractivity contribution in [2.24, 2.45) is 0 Å². The second-order valence-corrected chi connectivity index (χ2v) is 4.13. The molecule has 0 fully saturated rings. The fourth-order valence-electron chi connectivity index (χ4n) is 1.91. The molecule has 90 valence electrons. The summed E-state index contributed by atoms with van der Waals surface area (Å²) in [5.74, 6) is -0.977. The molecule has 0 spiro atoms. The maximum atomic E-state index is 11.5. The van der Waals surface area contributed by atoms with Crippen LogP contribution in [0.25, 0.3) is 0 Å². The van der Waals surface area contributed by atoms with Crippen molar-refractivity contribution in [2.75, 3.05) is 23.3 Å². The number of aryl methyl sites for hydroxylation is 1. The van der Waals surface area contributed by atoms with Gasteiger partial charge in [0.25, 0.3) is 0 Å². The van der Waals surface area contributed by atoms with E-state index in [1.807, 2.05) is 25.1 Å². The molecule has 5 nitrogen and oxygen atoms in total. The van der Waals surface area contributed by atoms with E-state index in [1.54, 1.807) is 4.90 Å². The van der Waals surface area contributed by atoms with Gasteiger partial charge in [-0.05, 0) is 24.6 Å². The van der Waals surface area contributed by atoms with Crippen molar-refractivity contribution in [1.29, 1.82) is 0 Å². The predicted molar refractivity (Wildman–Crippen MR) is 64.3 cm³/mol. The summed E-state index contributed by atoms with van der Waals surface area (Å²) in [6, 6.07) is 5.59. The smallest absolute Gasteiger partial charge is 0.323 e. The Morgan fingerprint density at radius 2 is 2.29 bits per heavy atom. The first-order valence-corrected chi connectivity index (χ1v) is 5.43. The Bertz CT molecular complexity index is 471. The third-order valence-electron chi connectivity index (χ3n) is 2.70. The number of benzene rings is 1. The van der Waals surface area contributed by atoms with Gasteiger partial charge in [0.2, 0.25) is 5.91 Å². The van der Waals surface area contributed by atoms with Crippen LogP contribution < -0.4 is 10.2 Å². The molecule has 0 saturated carbocycles. The van der Waals surface area contributed by atoms with E-state index < -0.39 is 5.97 Å². The molecule has 2 N–H and O–H groups in total. The van der Waals surface area contributed by atoms with Crippen molar-refractivity contribution in [3.63, 3.8) is 0 Å². The quantitative estimate of drug-likeness (QED) is 0.807. The zero-order valence-electron chi connectivity index (χ0n) is 9.56. The van der Waals surface area contributed by atoms with Gasteiger partial charge in [-0.2, -0.15) is 0 Å². The Labute approximate surface area is 99.0 Å². The van der Waals surface area contributed by atoms with Crippen molar-refractivity contribution in [3.05, 3.63) is 23.8 Å². The van der Waals surface area contributed by atoms with Crippen LogP contribution in [0.1, 0.15) is 12.0 Å². The molecule has 2 rings (SSSR count). The molecule has 0 bridgehead atoms. The lowest BCUT2D eigenvalue weighted by molar-refractivity contribution is -0.135. The van der Waals surface area contributed by atoms with Crippen molar-refractivity contribution in [2.45, 2.75) is 13.3 Å². The fourth-order valence-corrected chi connectivity index (χ4v) is 1.91. The molecule has 0 aromatic heterocycles. The maximum Gasteiger partial charge on any atom is 0.323 e. The number of carbonyl (C=O) groups is 2. The van der Waals surface area contributed by atoms with Gasteiger partial charge in [-0.25, -0.2) is 0 Å². The van der Waals surface area contributed by atoms with Crippen LogP contribution in [-0.4, -0.2) is 30.1 Å². The largest absolute Gasteiger partial charge is 0.480 e. The van der Waals surface area contributed by atoms with Gasteiger partial charge in [-0.3, -0.25) is 9.59 Å². The average molecular weight is 234 g/mol. The molecule has 0 saturated heterocycles. The van der Waals surface area contributed by atoms with Gasteiger partial charge in [0.15, 0.2) is 0 Å². The number of nitrogens with zero attached hydrogens (tertiary/aromatic N) is 1. The minimum absolute atomic E-state index is 0.0806. The Kier molecular flexibility index (Phi) is 2.99. The normalized spacial score (nSPS) is 14.9. The number of amides is 1. The number of carboxylic acids is 1. The molecule has 5 heteroatoms. The van der Waals surface area contributed by atoms with E-state index >= 15 is 0 Å². The van der Waals surface area contributed by atoms with Gasteiger partial charge >= 0.3 is 5.97 Å². The monoisotopic (exact) mass is 234 g/mol. The van der Waals surface area contributed by atoms with Gasteiger partial charge < -0.3 is 15.3 Å². The van der Waals surface area contributed by atoms with Crippen LogP contribution in [0.5, 0.6) is 0 Å². The molecule has 1 aliphatic heterocycles. The third kappa shape index (κ3) is 2.55. The number of hydrogen-bond acceptors (Lipinski definition) is 3. The van der Waals surface area contributed by atoms with Crippen LogP contribution in [-0.2, 0) is 9.59 Å². The molecule has 1 heterocycles. The van der Waals surface area contributed by atoms with Gasteiger partial charge in [0.05, 0.1) is 11.4 Å². The van der Waals surface area contributed by atoms with Gasteiger partial charge in [0.1, 0.15) is 6.54 Å². The summed E-state index contributed by atoms with van der Waals surface area (Å²) >= 11 is 0.